The minimum absolute atomic E-state index is 0.0796. The number of quaternary nitrogens is 1. The van der Waals surface area contributed by atoms with Crippen molar-refractivity contribution in [1.82, 2.24) is 0 Å². The molecule has 0 bridgehead atoms. The summed E-state index contributed by atoms with van der Waals surface area (Å²) in [5.41, 5.74) is -2.41. The quantitative estimate of drug-likeness (QED) is 0.431. The molecule has 4 atom stereocenters. The molecule has 112 valence electrons. The Labute approximate surface area is 112 Å². The van der Waals surface area contributed by atoms with Gasteiger partial charge in [-0.15, -0.1) is 0 Å². The standard InChI is InChI=1S/C10H21NO6P2/c1-11(2)5-3-4-7-8(11)6-9(18(12,13)14)10(7)19(15,16)17/h7-10H,3-6H2,1-2H3,(H3-,12,13,14,15,16,17)/p+1. The predicted octanol–water partition coefficient (Wildman–Crippen LogP) is 0.338. The van der Waals surface area contributed by atoms with E-state index in [9.17, 15) is 28.7 Å². The molecule has 0 aromatic rings. The zero-order chi connectivity index (χ0) is 14.6. The Balaban J connectivity index is 2.43. The van der Waals surface area contributed by atoms with E-state index in [1.807, 2.05) is 14.1 Å². The van der Waals surface area contributed by atoms with Crippen molar-refractivity contribution in [2.45, 2.75) is 36.6 Å². The summed E-state index contributed by atoms with van der Waals surface area (Å²) in [6, 6.07) is -0.0796. The molecular weight excluding hydrogens is 292 g/mol. The van der Waals surface area contributed by atoms with Gasteiger partial charge in [0.2, 0.25) is 0 Å². The minimum Gasteiger partial charge on any atom is -0.326 e. The van der Waals surface area contributed by atoms with Crippen LogP contribution in [0.1, 0.15) is 19.3 Å². The number of rotatable bonds is 2. The van der Waals surface area contributed by atoms with Gasteiger partial charge in [0.25, 0.3) is 0 Å². The Hall–Kier alpha value is 0.260. The summed E-state index contributed by atoms with van der Waals surface area (Å²) >= 11 is 0. The van der Waals surface area contributed by atoms with E-state index in [1.54, 1.807) is 0 Å². The maximum Gasteiger partial charge on any atom is 0.330 e. The lowest BCUT2D eigenvalue weighted by Gasteiger charge is -2.44. The lowest BCUT2D eigenvalue weighted by Crippen LogP contribution is -2.55. The summed E-state index contributed by atoms with van der Waals surface area (Å²) in [6.45, 7) is 0.878. The average Bonchev–Trinajstić information content (AvgIpc) is 2.56. The topological polar surface area (TPSA) is 115 Å². The summed E-state index contributed by atoms with van der Waals surface area (Å²) < 4.78 is 23.9. The lowest BCUT2D eigenvalue weighted by atomic mass is 9.90. The number of hydrogen-bond acceptors (Lipinski definition) is 2. The smallest absolute Gasteiger partial charge is 0.326 e. The summed E-state index contributed by atoms with van der Waals surface area (Å²) in [5.74, 6) is -0.304. The molecule has 0 spiro atoms. The third kappa shape index (κ3) is 2.84. The molecule has 7 nitrogen and oxygen atoms in total. The molecule has 2 rings (SSSR count). The van der Waals surface area contributed by atoms with Crippen molar-refractivity contribution in [3.8, 4) is 0 Å². The number of hydrogen-bond donors (Lipinski definition) is 4. The van der Waals surface area contributed by atoms with Gasteiger partial charge < -0.3 is 24.1 Å². The van der Waals surface area contributed by atoms with E-state index >= 15 is 0 Å². The van der Waals surface area contributed by atoms with Crippen LogP contribution in [-0.4, -0.2) is 62.1 Å². The second kappa shape index (κ2) is 4.63. The molecule has 4 unspecified atom stereocenters. The van der Waals surface area contributed by atoms with Crippen molar-refractivity contribution in [1.29, 1.82) is 0 Å². The van der Waals surface area contributed by atoms with E-state index in [0.29, 0.717) is 10.9 Å². The Morgan fingerprint density at radius 2 is 1.63 bits per heavy atom. The monoisotopic (exact) mass is 314 g/mol. The first kappa shape index (κ1) is 15.6. The van der Waals surface area contributed by atoms with Crippen molar-refractivity contribution in [2.24, 2.45) is 5.92 Å². The van der Waals surface area contributed by atoms with Crippen molar-refractivity contribution < 1.29 is 33.2 Å². The number of piperidine rings is 1. The van der Waals surface area contributed by atoms with Crippen LogP contribution < -0.4 is 0 Å². The van der Waals surface area contributed by atoms with Gasteiger partial charge in [-0.25, -0.2) is 0 Å². The molecule has 1 aliphatic heterocycles. The third-order valence-corrected chi connectivity index (χ3v) is 7.95. The van der Waals surface area contributed by atoms with Crippen molar-refractivity contribution in [2.75, 3.05) is 20.6 Å². The third-order valence-electron chi connectivity index (χ3n) is 4.80. The summed E-state index contributed by atoms with van der Waals surface area (Å²) in [5, 5.41) is 0. The van der Waals surface area contributed by atoms with E-state index in [-0.39, 0.29) is 18.4 Å². The molecule has 0 radical (unpaired) electrons. The highest BCUT2D eigenvalue weighted by Gasteiger charge is 2.62. The van der Waals surface area contributed by atoms with Crippen molar-refractivity contribution in [3.05, 3.63) is 0 Å². The van der Waals surface area contributed by atoms with Crippen LogP contribution in [0.3, 0.4) is 0 Å². The minimum atomic E-state index is -4.51. The van der Waals surface area contributed by atoms with Crippen molar-refractivity contribution >= 4 is 15.2 Å². The van der Waals surface area contributed by atoms with Gasteiger partial charge in [-0.05, 0) is 12.8 Å². The fourth-order valence-corrected chi connectivity index (χ4v) is 7.52. The molecule has 9 heteroatoms. The molecule has 0 aromatic carbocycles. The molecule has 2 aliphatic rings. The molecule has 2 fully saturated rings. The molecule has 1 heterocycles. The van der Waals surface area contributed by atoms with Gasteiger partial charge in [-0.1, -0.05) is 0 Å². The van der Waals surface area contributed by atoms with Gasteiger partial charge in [0, 0.05) is 12.3 Å². The fraction of sp³-hybridized carbons (Fsp3) is 1.00. The number of fused-ring (bicyclic) bond motifs is 1. The van der Waals surface area contributed by atoms with Crippen LogP contribution in [0.5, 0.6) is 0 Å². The van der Waals surface area contributed by atoms with Crippen molar-refractivity contribution in [3.63, 3.8) is 0 Å². The molecule has 0 amide bonds. The van der Waals surface area contributed by atoms with Gasteiger partial charge in [0.05, 0.1) is 38.0 Å². The van der Waals surface area contributed by atoms with Gasteiger partial charge in [-0.2, -0.15) is 0 Å². The maximum atomic E-state index is 11.7. The highest BCUT2D eigenvalue weighted by atomic mass is 31.2. The zero-order valence-electron chi connectivity index (χ0n) is 11.1. The molecule has 1 saturated carbocycles. The fourth-order valence-electron chi connectivity index (χ4n) is 3.95. The average molecular weight is 314 g/mol. The molecule has 0 aromatic heterocycles. The second-order valence-corrected chi connectivity index (χ2v) is 9.96. The lowest BCUT2D eigenvalue weighted by molar-refractivity contribution is -0.922. The van der Waals surface area contributed by atoms with Crippen LogP contribution in [0, 0.1) is 5.92 Å². The van der Waals surface area contributed by atoms with E-state index in [4.69, 9.17) is 0 Å². The van der Waals surface area contributed by atoms with E-state index in [0.717, 1.165) is 13.0 Å². The highest BCUT2D eigenvalue weighted by Crippen LogP contribution is 2.64. The first-order valence-electron chi connectivity index (χ1n) is 6.38. The van der Waals surface area contributed by atoms with Gasteiger partial charge in [-0.3, -0.25) is 9.13 Å². The summed E-state index contributed by atoms with van der Waals surface area (Å²) in [6.07, 6.45) is 1.66. The summed E-state index contributed by atoms with van der Waals surface area (Å²) in [4.78, 5) is 37.9. The molecular formula is C10H22NO6P2+. The Bertz CT molecular complexity index is 455. The molecule has 4 N–H and O–H groups in total. The molecule has 19 heavy (non-hydrogen) atoms. The van der Waals surface area contributed by atoms with Crippen LogP contribution in [0.2, 0.25) is 0 Å². The highest BCUT2D eigenvalue weighted by molar-refractivity contribution is 7.57. The first-order valence-corrected chi connectivity index (χ1v) is 9.74. The van der Waals surface area contributed by atoms with Gasteiger partial charge in [0.15, 0.2) is 0 Å². The largest absolute Gasteiger partial charge is 0.330 e. The van der Waals surface area contributed by atoms with Crippen LogP contribution in [-0.2, 0) is 9.13 Å². The van der Waals surface area contributed by atoms with Gasteiger partial charge >= 0.3 is 15.2 Å². The first-order chi connectivity index (χ1) is 8.44. The predicted molar refractivity (Wildman–Crippen MR) is 69.8 cm³/mol. The molecule has 1 saturated heterocycles. The Kier molecular flexibility index (Phi) is 3.82. The zero-order valence-corrected chi connectivity index (χ0v) is 12.9. The number of likely N-dealkylation sites (tertiary alicyclic amines) is 1. The van der Waals surface area contributed by atoms with Gasteiger partial charge in [0.1, 0.15) is 0 Å². The SMILES string of the molecule is C[N+]1(C)CCCC2C1CC(P(=O)(O)O)C2P(=O)(O)O. The van der Waals surface area contributed by atoms with Crippen LogP contribution in [0.15, 0.2) is 0 Å². The normalized spacial score (nSPS) is 39.1. The van der Waals surface area contributed by atoms with E-state index in [1.165, 1.54) is 0 Å². The van der Waals surface area contributed by atoms with Crippen LogP contribution in [0.4, 0.5) is 0 Å². The number of nitrogens with zero attached hydrogens (tertiary/aromatic N) is 1. The Morgan fingerprint density at radius 1 is 1.05 bits per heavy atom. The summed E-state index contributed by atoms with van der Waals surface area (Å²) in [7, 11) is -5.08. The van der Waals surface area contributed by atoms with Crippen LogP contribution in [0.25, 0.3) is 0 Å². The van der Waals surface area contributed by atoms with E-state index in [2.05, 4.69) is 0 Å². The van der Waals surface area contributed by atoms with E-state index < -0.39 is 26.5 Å². The maximum absolute atomic E-state index is 11.7. The van der Waals surface area contributed by atoms with Crippen LogP contribution >= 0.6 is 15.2 Å². The molecule has 1 aliphatic carbocycles. The second-order valence-electron chi connectivity index (χ2n) is 6.35. The Morgan fingerprint density at radius 3 is 2.11 bits per heavy atom.